The summed E-state index contributed by atoms with van der Waals surface area (Å²) in [5.41, 5.74) is 0.529. The molecular formula is C15H9N3O5S. The molecule has 0 saturated heterocycles. The van der Waals surface area contributed by atoms with E-state index < -0.39 is 16.8 Å². The van der Waals surface area contributed by atoms with Gasteiger partial charge < -0.3 is 10.4 Å². The van der Waals surface area contributed by atoms with Crippen LogP contribution in [0.4, 0.5) is 10.7 Å². The summed E-state index contributed by atoms with van der Waals surface area (Å²) < 4.78 is 0. The molecule has 2 rings (SSSR count). The van der Waals surface area contributed by atoms with E-state index in [1.54, 1.807) is 6.07 Å². The third kappa shape index (κ3) is 4.02. The quantitative estimate of drug-likeness (QED) is 0.371. The van der Waals surface area contributed by atoms with Gasteiger partial charge in [-0.15, -0.1) is 0 Å². The molecule has 8 nitrogen and oxygen atoms in total. The Bertz CT molecular complexity index is 877. The average Bonchev–Trinajstić information content (AvgIpc) is 3.02. The smallest absolute Gasteiger partial charge is 0.335 e. The highest BCUT2D eigenvalue weighted by atomic mass is 32.1. The third-order valence-electron chi connectivity index (χ3n) is 2.85. The van der Waals surface area contributed by atoms with E-state index >= 15 is 0 Å². The minimum Gasteiger partial charge on any atom is -0.478 e. The minimum atomic E-state index is -1.09. The number of hydrogen-bond donors (Lipinski definition) is 2. The van der Waals surface area contributed by atoms with Crippen molar-refractivity contribution in [2.45, 2.75) is 0 Å². The Kier molecular flexibility index (Phi) is 5.03. The normalized spacial score (nSPS) is 10.7. The van der Waals surface area contributed by atoms with Crippen LogP contribution in [-0.2, 0) is 4.79 Å². The number of benzene rings is 1. The molecule has 0 saturated carbocycles. The lowest BCUT2D eigenvalue weighted by molar-refractivity contribution is -0.380. The van der Waals surface area contributed by atoms with Crippen molar-refractivity contribution >= 4 is 40.0 Å². The van der Waals surface area contributed by atoms with Gasteiger partial charge in [0.25, 0.3) is 5.91 Å². The van der Waals surface area contributed by atoms with Gasteiger partial charge in [-0.1, -0.05) is 11.3 Å². The second kappa shape index (κ2) is 7.17. The third-order valence-corrected chi connectivity index (χ3v) is 3.75. The maximum Gasteiger partial charge on any atom is 0.335 e. The molecule has 1 heterocycles. The van der Waals surface area contributed by atoms with Gasteiger partial charge in [-0.3, -0.25) is 14.9 Å². The summed E-state index contributed by atoms with van der Waals surface area (Å²) in [5, 5.41) is 32.3. The highest BCUT2D eigenvalue weighted by Crippen LogP contribution is 2.24. The predicted molar refractivity (Wildman–Crippen MR) is 86.6 cm³/mol. The van der Waals surface area contributed by atoms with Crippen molar-refractivity contribution in [1.82, 2.24) is 0 Å². The number of nitro groups is 1. The first kappa shape index (κ1) is 16.9. The van der Waals surface area contributed by atoms with Crippen LogP contribution in [-0.4, -0.2) is 21.9 Å². The van der Waals surface area contributed by atoms with Gasteiger partial charge in [0.2, 0.25) is 0 Å². The van der Waals surface area contributed by atoms with Crippen LogP contribution in [0.1, 0.15) is 15.9 Å². The summed E-state index contributed by atoms with van der Waals surface area (Å²) in [4.78, 5) is 32.9. The van der Waals surface area contributed by atoms with Crippen molar-refractivity contribution in [3.8, 4) is 6.07 Å². The largest absolute Gasteiger partial charge is 0.478 e. The number of carboxylic acid groups (broad SMARTS) is 1. The van der Waals surface area contributed by atoms with E-state index in [9.17, 15) is 19.7 Å². The lowest BCUT2D eigenvalue weighted by atomic mass is 10.1. The fraction of sp³-hybridized carbons (Fsp3) is 0. The first-order valence-corrected chi connectivity index (χ1v) is 7.28. The number of nitrogens with zero attached hydrogens (tertiary/aromatic N) is 2. The molecule has 0 spiro atoms. The van der Waals surface area contributed by atoms with Gasteiger partial charge in [0.1, 0.15) is 11.6 Å². The van der Waals surface area contributed by atoms with Crippen molar-refractivity contribution < 1.29 is 19.6 Å². The summed E-state index contributed by atoms with van der Waals surface area (Å²) >= 11 is 0.890. The van der Waals surface area contributed by atoms with Crippen molar-refractivity contribution in [1.29, 1.82) is 5.26 Å². The SMILES string of the molecule is N#C/C(=C/c1csc([N+](=O)[O-])c1)C(=O)Nc1ccc(C(=O)O)cc1. The van der Waals surface area contributed by atoms with Crippen LogP contribution in [0.3, 0.4) is 0 Å². The summed E-state index contributed by atoms with van der Waals surface area (Å²) in [6.45, 7) is 0. The number of rotatable bonds is 5. The van der Waals surface area contributed by atoms with Crippen LogP contribution in [0, 0.1) is 21.4 Å². The zero-order chi connectivity index (χ0) is 17.7. The molecule has 1 aromatic carbocycles. The van der Waals surface area contributed by atoms with Crippen LogP contribution in [0.25, 0.3) is 6.08 Å². The van der Waals surface area contributed by atoms with E-state index in [-0.39, 0.29) is 16.1 Å². The van der Waals surface area contributed by atoms with Crippen LogP contribution in [0.5, 0.6) is 0 Å². The molecular weight excluding hydrogens is 334 g/mol. The van der Waals surface area contributed by atoms with Crippen LogP contribution in [0.15, 0.2) is 41.3 Å². The summed E-state index contributed by atoms with van der Waals surface area (Å²) in [5.74, 6) is -1.79. The topological polar surface area (TPSA) is 133 Å². The number of nitriles is 1. The fourth-order valence-electron chi connectivity index (χ4n) is 1.72. The highest BCUT2D eigenvalue weighted by Gasteiger charge is 2.13. The molecule has 0 fully saturated rings. The summed E-state index contributed by atoms with van der Waals surface area (Å²) in [6, 6.07) is 8.41. The fourth-order valence-corrected chi connectivity index (χ4v) is 2.40. The molecule has 0 aliphatic rings. The zero-order valence-corrected chi connectivity index (χ0v) is 12.7. The van der Waals surface area contributed by atoms with Crippen LogP contribution in [0.2, 0.25) is 0 Å². The number of anilines is 1. The molecule has 0 aliphatic heterocycles. The molecule has 0 unspecified atom stereocenters. The van der Waals surface area contributed by atoms with Crippen molar-refractivity contribution in [3.63, 3.8) is 0 Å². The van der Waals surface area contributed by atoms with Gasteiger partial charge in [-0.25, -0.2) is 4.79 Å². The number of amides is 1. The molecule has 120 valence electrons. The zero-order valence-electron chi connectivity index (χ0n) is 11.9. The number of nitrogens with one attached hydrogen (secondary N) is 1. The Morgan fingerprint density at radius 2 is 2.00 bits per heavy atom. The number of carboxylic acids is 1. The van der Waals surface area contributed by atoms with Gasteiger partial charge in [0, 0.05) is 17.1 Å². The Balaban J connectivity index is 2.16. The minimum absolute atomic E-state index is 0.0645. The second-order valence-electron chi connectivity index (χ2n) is 4.48. The van der Waals surface area contributed by atoms with Crippen LogP contribution >= 0.6 is 11.3 Å². The summed E-state index contributed by atoms with van der Waals surface area (Å²) in [6.07, 6.45) is 1.24. The first-order chi connectivity index (χ1) is 11.4. The van der Waals surface area contributed by atoms with Gasteiger partial charge in [0.05, 0.1) is 10.5 Å². The average molecular weight is 343 g/mol. The number of carbonyl (C=O) groups is 2. The predicted octanol–water partition coefficient (Wildman–Crippen LogP) is 2.90. The standard InChI is InChI=1S/C15H9N3O5S/c16-7-11(5-9-6-13(18(22)23)24-8-9)14(19)17-12-3-1-10(2-4-12)15(20)21/h1-6,8H,(H,17,19)(H,20,21)/b11-5-. The first-order valence-electron chi connectivity index (χ1n) is 6.40. The molecule has 0 atom stereocenters. The second-order valence-corrected chi connectivity index (χ2v) is 5.37. The lowest BCUT2D eigenvalue weighted by Crippen LogP contribution is -2.13. The molecule has 0 aliphatic carbocycles. The van der Waals surface area contributed by atoms with E-state index in [1.807, 2.05) is 0 Å². The number of carbonyl (C=O) groups excluding carboxylic acids is 1. The van der Waals surface area contributed by atoms with Gasteiger partial charge in [-0.2, -0.15) is 5.26 Å². The number of aromatic carboxylic acids is 1. The molecule has 24 heavy (non-hydrogen) atoms. The number of hydrogen-bond acceptors (Lipinski definition) is 6. The Morgan fingerprint density at radius 1 is 1.33 bits per heavy atom. The van der Waals surface area contributed by atoms with Crippen molar-refractivity contribution in [2.75, 3.05) is 5.32 Å². The molecule has 1 aromatic heterocycles. The molecule has 2 N–H and O–H groups in total. The highest BCUT2D eigenvalue weighted by molar-refractivity contribution is 7.13. The Hall–Kier alpha value is -3.51. The maximum absolute atomic E-state index is 12.1. The summed E-state index contributed by atoms with van der Waals surface area (Å²) in [7, 11) is 0. The molecule has 2 aromatic rings. The molecule has 1 amide bonds. The van der Waals surface area contributed by atoms with Crippen molar-refractivity contribution in [3.05, 3.63) is 62.5 Å². The van der Waals surface area contributed by atoms with Crippen LogP contribution < -0.4 is 5.32 Å². The lowest BCUT2D eigenvalue weighted by Gasteiger charge is -2.04. The van der Waals surface area contributed by atoms with E-state index in [0.717, 1.165) is 11.3 Å². The Morgan fingerprint density at radius 3 is 2.50 bits per heavy atom. The molecule has 9 heteroatoms. The van der Waals surface area contributed by atoms with E-state index in [2.05, 4.69) is 5.32 Å². The molecule has 0 bridgehead atoms. The number of thiophene rings is 1. The maximum atomic E-state index is 12.1. The Labute approximate surface area is 139 Å². The van der Waals surface area contributed by atoms with Gasteiger partial charge in [-0.05, 0) is 35.9 Å². The van der Waals surface area contributed by atoms with E-state index in [0.29, 0.717) is 11.3 Å². The monoisotopic (exact) mass is 343 g/mol. The molecule has 0 radical (unpaired) electrons. The van der Waals surface area contributed by atoms with Gasteiger partial charge >= 0.3 is 11.0 Å². The van der Waals surface area contributed by atoms with E-state index in [1.165, 1.54) is 41.8 Å². The van der Waals surface area contributed by atoms with Gasteiger partial charge in [0.15, 0.2) is 0 Å². The van der Waals surface area contributed by atoms with Crippen molar-refractivity contribution in [2.24, 2.45) is 0 Å². The van der Waals surface area contributed by atoms with E-state index in [4.69, 9.17) is 10.4 Å².